The standard InChI is InChI=1S/C31H28ClN3O3S/c1-34(25-11-3-2-4-12-25)18-8-17-33-30(36)23-15-16-29-27(20-23)35(21-22-9-7-10-24(32)19-22)31(37)26-13-5-6-14-28(26)39(29)38/h2-7,9-16,19-20H,8,17-18,21H2,1H3,(H,33,36)/t39-/m1/s1. The highest BCUT2D eigenvalue weighted by Crippen LogP contribution is 2.36. The first-order valence-corrected chi connectivity index (χ1v) is 14.2. The van der Waals surface area contributed by atoms with Crippen molar-refractivity contribution in [2.24, 2.45) is 0 Å². The summed E-state index contributed by atoms with van der Waals surface area (Å²) in [4.78, 5) is 31.5. The zero-order valence-corrected chi connectivity index (χ0v) is 23.0. The topological polar surface area (TPSA) is 69.7 Å². The predicted octanol–water partition coefficient (Wildman–Crippen LogP) is 5.92. The predicted molar refractivity (Wildman–Crippen MR) is 156 cm³/mol. The monoisotopic (exact) mass is 557 g/mol. The molecule has 5 rings (SSSR count). The van der Waals surface area contributed by atoms with E-state index in [0.717, 1.165) is 24.2 Å². The number of fused-ring (bicyclic) bond motifs is 2. The van der Waals surface area contributed by atoms with Crippen LogP contribution in [0.5, 0.6) is 0 Å². The number of amides is 2. The van der Waals surface area contributed by atoms with Crippen molar-refractivity contribution in [3.8, 4) is 0 Å². The third-order valence-corrected chi connectivity index (χ3v) is 8.39. The summed E-state index contributed by atoms with van der Waals surface area (Å²) in [7, 11) is 0.432. The van der Waals surface area contributed by atoms with Gasteiger partial charge in [0.1, 0.15) is 0 Å². The number of carbonyl (C=O) groups is 2. The van der Waals surface area contributed by atoms with Crippen LogP contribution < -0.4 is 15.1 Å². The third kappa shape index (κ3) is 5.90. The number of nitrogens with one attached hydrogen (secondary N) is 1. The lowest BCUT2D eigenvalue weighted by Crippen LogP contribution is -2.31. The van der Waals surface area contributed by atoms with Gasteiger partial charge in [0.05, 0.1) is 38.4 Å². The molecule has 198 valence electrons. The molecule has 1 aliphatic rings. The summed E-state index contributed by atoms with van der Waals surface area (Å²) >= 11 is 6.21. The molecular formula is C31H28ClN3O3S. The van der Waals surface area contributed by atoms with Gasteiger partial charge < -0.3 is 15.1 Å². The quantitative estimate of drug-likeness (QED) is 0.273. The van der Waals surface area contributed by atoms with E-state index in [1.165, 1.54) is 0 Å². The Morgan fingerprint density at radius 1 is 0.923 bits per heavy atom. The zero-order chi connectivity index (χ0) is 27.4. The Balaban J connectivity index is 1.38. The number of hydrogen-bond donors (Lipinski definition) is 1. The molecule has 2 amide bonds. The number of para-hydroxylation sites is 1. The van der Waals surface area contributed by atoms with Crippen molar-refractivity contribution in [3.05, 3.63) is 119 Å². The fraction of sp³-hybridized carbons (Fsp3) is 0.161. The van der Waals surface area contributed by atoms with E-state index in [4.69, 9.17) is 11.6 Å². The van der Waals surface area contributed by atoms with Crippen molar-refractivity contribution < 1.29 is 13.8 Å². The van der Waals surface area contributed by atoms with Crippen LogP contribution in [0.15, 0.2) is 107 Å². The first-order chi connectivity index (χ1) is 18.9. The van der Waals surface area contributed by atoms with Gasteiger partial charge in [-0.15, -0.1) is 0 Å². The Morgan fingerprint density at radius 3 is 2.49 bits per heavy atom. The molecule has 0 bridgehead atoms. The summed E-state index contributed by atoms with van der Waals surface area (Å²) in [5.41, 5.74) is 3.17. The summed E-state index contributed by atoms with van der Waals surface area (Å²) < 4.78 is 13.6. The Bertz CT molecular complexity index is 1540. The Hall–Kier alpha value is -3.94. The maximum absolute atomic E-state index is 13.8. The summed E-state index contributed by atoms with van der Waals surface area (Å²) in [6.45, 7) is 1.50. The van der Waals surface area contributed by atoms with Gasteiger partial charge in [0, 0.05) is 36.4 Å². The van der Waals surface area contributed by atoms with E-state index in [-0.39, 0.29) is 18.4 Å². The fourth-order valence-corrected chi connectivity index (χ4v) is 6.17. The molecule has 4 aromatic carbocycles. The van der Waals surface area contributed by atoms with E-state index in [9.17, 15) is 13.8 Å². The van der Waals surface area contributed by atoms with Crippen LogP contribution >= 0.6 is 11.6 Å². The maximum atomic E-state index is 13.8. The highest BCUT2D eigenvalue weighted by atomic mass is 35.5. The molecule has 0 spiro atoms. The second-order valence-corrected chi connectivity index (χ2v) is 11.2. The summed E-state index contributed by atoms with van der Waals surface area (Å²) in [5, 5.41) is 3.54. The lowest BCUT2D eigenvalue weighted by Gasteiger charge is -2.24. The van der Waals surface area contributed by atoms with Gasteiger partial charge in [0.25, 0.3) is 11.8 Å². The number of hydrogen-bond acceptors (Lipinski definition) is 4. The van der Waals surface area contributed by atoms with Gasteiger partial charge >= 0.3 is 0 Å². The van der Waals surface area contributed by atoms with E-state index in [1.54, 1.807) is 59.5 Å². The number of anilines is 2. The van der Waals surface area contributed by atoms with Crippen molar-refractivity contribution in [1.29, 1.82) is 0 Å². The first-order valence-electron chi connectivity index (χ1n) is 12.7. The molecule has 0 fully saturated rings. The van der Waals surface area contributed by atoms with Crippen molar-refractivity contribution in [1.82, 2.24) is 5.32 Å². The van der Waals surface area contributed by atoms with Crippen molar-refractivity contribution >= 4 is 45.6 Å². The first kappa shape index (κ1) is 26.7. The van der Waals surface area contributed by atoms with Gasteiger partial charge in [-0.3, -0.25) is 9.59 Å². The summed E-state index contributed by atoms with van der Waals surface area (Å²) in [5.74, 6) is -0.526. The molecule has 0 saturated heterocycles. The molecule has 1 aliphatic heterocycles. The molecule has 1 N–H and O–H groups in total. The maximum Gasteiger partial charge on any atom is 0.259 e. The molecule has 0 radical (unpaired) electrons. The number of rotatable bonds is 8. The number of carbonyl (C=O) groups excluding carboxylic acids is 2. The molecule has 8 heteroatoms. The van der Waals surface area contributed by atoms with Gasteiger partial charge in [-0.2, -0.15) is 0 Å². The van der Waals surface area contributed by atoms with Crippen LogP contribution in [0, 0.1) is 0 Å². The number of benzene rings is 4. The van der Waals surface area contributed by atoms with Gasteiger partial charge in [0.2, 0.25) is 0 Å². The average Bonchev–Trinajstić information content (AvgIpc) is 3.05. The molecule has 6 nitrogen and oxygen atoms in total. The smallest absolute Gasteiger partial charge is 0.259 e. The van der Waals surface area contributed by atoms with Crippen LogP contribution in [-0.4, -0.2) is 36.2 Å². The van der Waals surface area contributed by atoms with Crippen LogP contribution in [0.2, 0.25) is 5.02 Å². The molecule has 1 atom stereocenters. The van der Waals surface area contributed by atoms with E-state index in [0.29, 0.717) is 38.2 Å². The van der Waals surface area contributed by atoms with Crippen LogP contribution in [-0.2, 0) is 17.3 Å². The molecule has 1 heterocycles. The number of halogens is 1. The average molecular weight is 558 g/mol. The fourth-order valence-electron chi connectivity index (χ4n) is 4.61. The molecule has 39 heavy (non-hydrogen) atoms. The lowest BCUT2D eigenvalue weighted by molar-refractivity contribution is 0.0949. The highest BCUT2D eigenvalue weighted by Gasteiger charge is 2.31. The highest BCUT2D eigenvalue weighted by molar-refractivity contribution is 7.85. The van der Waals surface area contributed by atoms with Crippen molar-refractivity contribution in [2.45, 2.75) is 22.8 Å². The molecular weight excluding hydrogens is 530 g/mol. The molecule has 0 unspecified atom stereocenters. The second kappa shape index (κ2) is 11.8. The minimum Gasteiger partial charge on any atom is -0.375 e. The van der Waals surface area contributed by atoms with Crippen LogP contribution in [0.1, 0.15) is 32.7 Å². The van der Waals surface area contributed by atoms with Crippen LogP contribution in [0.4, 0.5) is 11.4 Å². The zero-order valence-electron chi connectivity index (χ0n) is 21.5. The Morgan fingerprint density at radius 2 is 1.69 bits per heavy atom. The normalized spacial score (nSPS) is 14.3. The largest absolute Gasteiger partial charge is 0.375 e. The minimum atomic E-state index is -1.59. The number of nitrogens with zero attached hydrogens (tertiary/aromatic N) is 2. The molecule has 4 aromatic rings. The molecule has 0 aliphatic carbocycles. The second-order valence-electron chi connectivity index (χ2n) is 9.34. The Labute approximate surface area is 235 Å². The Kier molecular flexibility index (Phi) is 8.10. The van der Waals surface area contributed by atoms with Gasteiger partial charge in [-0.25, -0.2) is 4.21 Å². The van der Waals surface area contributed by atoms with E-state index in [1.807, 2.05) is 49.5 Å². The van der Waals surface area contributed by atoms with Gasteiger partial charge in [-0.1, -0.05) is 54.1 Å². The molecule has 0 saturated carbocycles. The van der Waals surface area contributed by atoms with Gasteiger partial charge in [0.15, 0.2) is 0 Å². The van der Waals surface area contributed by atoms with E-state index >= 15 is 0 Å². The third-order valence-electron chi connectivity index (χ3n) is 6.66. The van der Waals surface area contributed by atoms with Gasteiger partial charge in [-0.05, 0) is 66.6 Å². The lowest BCUT2D eigenvalue weighted by atomic mass is 10.1. The summed E-state index contributed by atoms with van der Waals surface area (Å²) in [6, 6.07) is 29.3. The van der Waals surface area contributed by atoms with E-state index < -0.39 is 10.8 Å². The van der Waals surface area contributed by atoms with Crippen LogP contribution in [0.25, 0.3) is 0 Å². The van der Waals surface area contributed by atoms with Crippen molar-refractivity contribution in [2.75, 3.05) is 29.9 Å². The minimum absolute atomic E-state index is 0.217. The van der Waals surface area contributed by atoms with Crippen LogP contribution in [0.3, 0.4) is 0 Å². The summed E-state index contributed by atoms with van der Waals surface area (Å²) in [6.07, 6.45) is 0.765. The van der Waals surface area contributed by atoms with Crippen molar-refractivity contribution in [3.63, 3.8) is 0 Å². The molecule has 0 aromatic heterocycles. The SMILES string of the molecule is CN(CCCNC(=O)c1ccc2c(c1)N(Cc1cccc(Cl)c1)C(=O)c1ccccc1[S@]2=O)c1ccccc1. The van der Waals surface area contributed by atoms with E-state index in [2.05, 4.69) is 10.2 Å².